The number of benzene rings is 1. The molecule has 0 atom stereocenters. The molecule has 0 fully saturated rings. The molecule has 0 amide bonds. The van der Waals surface area contributed by atoms with Gasteiger partial charge < -0.3 is 10.1 Å². The molecule has 0 aliphatic carbocycles. The van der Waals surface area contributed by atoms with E-state index in [1.54, 1.807) is 39.8 Å². The summed E-state index contributed by atoms with van der Waals surface area (Å²) < 4.78 is 18.3. The summed E-state index contributed by atoms with van der Waals surface area (Å²) in [4.78, 5) is 11.4. The van der Waals surface area contributed by atoms with E-state index in [1.807, 2.05) is 0 Å². The van der Waals surface area contributed by atoms with Crippen molar-refractivity contribution >= 4 is 11.7 Å². The van der Waals surface area contributed by atoms with Crippen LogP contribution in [0.4, 0.5) is 10.1 Å². The molecule has 1 aromatic carbocycles. The lowest BCUT2D eigenvalue weighted by Crippen LogP contribution is -2.28. The monoisotopic (exact) mass is 239 g/mol. The molecule has 17 heavy (non-hydrogen) atoms. The number of hydrogen-bond donors (Lipinski definition) is 1. The number of carbonyl (C=O) groups excluding carboxylic acids is 1. The van der Waals surface area contributed by atoms with Gasteiger partial charge in [-0.05, 0) is 45.4 Å². The van der Waals surface area contributed by atoms with Crippen LogP contribution >= 0.6 is 0 Å². The van der Waals surface area contributed by atoms with Crippen LogP contribution in [0.5, 0.6) is 0 Å². The summed E-state index contributed by atoms with van der Waals surface area (Å²) >= 11 is 0. The number of ether oxygens (including phenoxy) is 1. The lowest BCUT2D eigenvalue weighted by atomic mass is 10.2. The van der Waals surface area contributed by atoms with Crippen LogP contribution in [0.1, 0.15) is 26.3 Å². The molecule has 0 unspecified atom stereocenters. The van der Waals surface area contributed by atoms with Crippen LogP contribution < -0.4 is 5.32 Å². The van der Waals surface area contributed by atoms with Gasteiger partial charge in [0.25, 0.3) is 0 Å². The Balaban J connectivity index is 2.50. The van der Waals surface area contributed by atoms with Crippen molar-refractivity contribution in [2.75, 3.05) is 11.9 Å². The van der Waals surface area contributed by atoms with E-state index in [9.17, 15) is 9.18 Å². The largest absolute Gasteiger partial charge is 0.459 e. The Morgan fingerprint density at radius 1 is 1.41 bits per heavy atom. The second-order valence-corrected chi connectivity index (χ2v) is 4.90. The third kappa shape index (κ3) is 4.85. The van der Waals surface area contributed by atoms with Crippen molar-refractivity contribution in [3.05, 3.63) is 29.6 Å². The molecule has 0 saturated heterocycles. The van der Waals surface area contributed by atoms with E-state index in [2.05, 4.69) is 5.32 Å². The van der Waals surface area contributed by atoms with Crippen molar-refractivity contribution in [1.82, 2.24) is 0 Å². The van der Waals surface area contributed by atoms with Crippen molar-refractivity contribution < 1.29 is 13.9 Å². The van der Waals surface area contributed by atoms with Crippen LogP contribution in [0.15, 0.2) is 18.2 Å². The maximum atomic E-state index is 13.2. The van der Waals surface area contributed by atoms with Gasteiger partial charge in [-0.15, -0.1) is 0 Å². The number of anilines is 1. The minimum absolute atomic E-state index is 0.0276. The first-order chi connectivity index (χ1) is 7.78. The highest BCUT2D eigenvalue weighted by atomic mass is 19.1. The van der Waals surface area contributed by atoms with Crippen molar-refractivity contribution in [1.29, 1.82) is 0 Å². The lowest BCUT2D eigenvalue weighted by molar-refractivity contribution is -0.152. The second-order valence-electron chi connectivity index (χ2n) is 4.90. The highest BCUT2D eigenvalue weighted by Gasteiger charge is 2.15. The number of rotatable bonds is 3. The molecule has 0 heterocycles. The molecule has 0 aromatic heterocycles. The Morgan fingerprint density at radius 3 is 2.59 bits per heavy atom. The van der Waals surface area contributed by atoms with Crippen LogP contribution in [0, 0.1) is 12.7 Å². The Morgan fingerprint density at radius 2 is 2.06 bits per heavy atom. The smallest absolute Gasteiger partial charge is 0.325 e. The predicted molar refractivity (Wildman–Crippen MR) is 65.5 cm³/mol. The summed E-state index contributed by atoms with van der Waals surface area (Å²) in [5.74, 6) is -0.655. The van der Waals surface area contributed by atoms with Gasteiger partial charge in [0.2, 0.25) is 0 Å². The number of aryl methyl sites for hydroxylation is 1. The summed E-state index contributed by atoms with van der Waals surface area (Å²) in [5, 5.41) is 2.82. The van der Waals surface area contributed by atoms with Crippen molar-refractivity contribution in [2.24, 2.45) is 0 Å². The highest BCUT2D eigenvalue weighted by Crippen LogP contribution is 2.13. The Labute approximate surface area is 101 Å². The molecule has 1 N–H and O–H groups in total. The Hall–Kier alpha value is -1.58. The molecule has 0 radical (unpaired) electrons. The third-order valence-electron chi connectivity index (χ3n) is 2.03. The zero-order valence-electron chi connectivity index (χ0n) is 10.6. The minimum atomic E-state index is -0.503. The SMILES string of the molecule is Cc1ccc(NCC(=O)OC(C)(C)C)cc1F. The van der Waals surface area contributed by atoms with Crippen molar-refractivity contribution in [2.45, 2.75) is 33.3 Å². The molecular weight excluding hydrogens is 221 g/mol. The van der Waals surface area contributed by atoms with E-state index in [-0.39, 0.29) is 18.3 Å². The maximum Gasteiger partial charge on any atom is 0.325 e. The van der Waals surface area contributed by atoms with E-state index < -0.39 is 5.60 Å². The first-order valence-electron chi connectivity index (χ1n) is 5.50. The fraction of sp³-hybridized carbons (Fsp3) is 0.462. The summed E-state index contributed by atoms with van der Waals surface area (Å²) in [6, 6.07) is 4.75. The fourth-order valence-electron chi connectivity index (χ4n) is 1.25. The fourth-order valence-corrected chi connectivity index (χ4v) is 1.25. The van der Waals surface area contributed by atoms with Gasteiger partial charge in [-0.25, -0.2) is 4.39 Å². The van der Waals surface area contributed by atoms with Gasteiger partial charge in [-0.3, -0.25) is 4.79 Å². The summed E-state index contributed by atoms with van der Waals surface area (Å²) in [7, 11) is 0. The molecule has 0 aliphatic rings. The van der Waals surface area contributed by atoms with Gasteiger partial charge >= 0.3 is 5.97 Å². The average molecular weight is 239 g/mol. The van der Waals surface area contributed by atoms with Crippen LogP contribution in [0.3, 0.4) is 0 Å². The molecule has 3 nitrogen and oxygen atoms in total. The van der Waals surface area contributed by atoms with Crippen LogP contribution in [-0.2, 0) is 9.53 Å². The second kappa shape index (κ2) is 5.17. The molecule has 0 aliphatic heterocycles. The minimum Gasteiger partial charge on any atom is -0.459 e. The van der Waals surface area contributed by atoms with Crippen LogP contribution in [-0.4, -0.2) is 18.1 Å². The van der Waals surface area contributed by atoms with Crippen molar-refractivity contribution in [3.63, 3.8) is 0 Å². The van der Waals surface area contributed by atoms with E-state index >= 15 is 0 Å². The number of esters is 1. The zero-order chi connectivity index (χ0) is 13.1. The maximum absolute atomic E-state index is 13.2. The quantitative estimate of drug-likeness (QED) is 0.824. The van der Waals surface area contributed by atoms with Crippen LogP contribution in [0.2, 0.25) is 0 Å². The topological polar surface area (TPSA) is 38.3 Å². The molecular formula is C13H18FNO2. The Kier molecular flexibility index (Phi) is 4.10. The number of halogens is 1. The first-order valence-corrected chi connectivity index (χ1v) is 5.50. The standard InChI is InChI=1S/C13H18FNO2/c1-9-5-6-10(7-11(9)14)15-8-12(16)17-13(2,3)4/h5-7,15H,8H2,1-4H3. The van der Waals surface area contributed by atoms with Gasteiger partial charge in [0.15, 0.2) is 0 Å². The van der Waals surface area contributed by atoms with E-state index in [0.717, 1.165) is 0 Å². The summed E-state index contributed by atoms with van der Waals surface area (Å²) in [6.45, 7) is 7.12. The summed E-state index contributed by atoms with van der Waals surface area (Å²) in [6.07, 6.45) is 0. The Bertz CT molecular complexity index is 410. The van der Waals surface area contributed by atoms with Gasteiger partial charge in [0.1, 0.15) is 18.0 Å². The van der Waals surface area contributed by atoms with Crippen molar-refractivity contribution in [3.8, 4) is 0 Å². The van der Waals surface area contributed by atoms with E-state index in [4.69, 9.17) is 4.74 Å². The van der Waals surface area contributed by atoms with Crippen LogP contribution in [0.25, 0.3) is 0 Å². The molecule has 94 valence electrons. The molecule has 1 aromatic rings. The van der Waals surface area contributed by atoms with E-state index in [0.29, 0.717) is 11.3 Å². The molecule has 4 heteroatoms. The highest BCUT2D eigenvalue weighted by molar-refractivity contribution is 5.75. The van der Waals surface area contributed by atoms with Gasteiger partial charge in [0.05, 0.1) is 0 Å². The number of nitrogens with one attached hydrogen (secondary N) is 1. The average Bonchev–Trinajstić information content (AvgIpc) is 2.17. The predicted octanol–water partition coefficient (Wildman–Crippen LogP) is 2.89. The third-order valence-corrected chi connectivity index (χ3v) is 2.03. The lowest BCUT2D eigenvalue weighted by Gasteiger charge is -2.19. The van der Waals surface area contributed by atoms with Gasteiger partial charge in [-0.2, -0.15) is 0 Å². The molecule has 1 rings (SSSR count). The first kappa shape index (κ1) is 13.5. The molecule has 0 bridgehead atoms. The normalized spacial score (nSPS) is 11.1. The summed E-state index contributed by atoms with van der Waals surface area (Å²) in [5.41, 5.74) is 0.642. The number of carbonyl (C=O) groups is 1. The molecule has 0 spiro atoms. The van der Waals surface area contributed by atoms with Gasteiger partial charge in [-0.1, -0.05) is 6.07 Å². The van der Waals surface area contributed by atoms with Gasteiger partial charge in [0, 0.05) is 5.69 Å². The van der Waals surface area contributed by atoms with E-state index in [1.165, 1.54) is 6.07 Å². The number of hydrogen-bond acceptors (Lipinski definition) is 3. The molecule has 0 saturated carbocycles. The zero-order valence-corrected chi connectivity index (χ0v) is 10.6.